The largest absolute Gasteiger partial charge is 0.493 e. The number of alkyl halides is 3. The first kappa shape index (κ1) is 24.4. The summed E-state index contributed by atoms with van der Waals surface area (Å²) < 4.78 is 80.1. The van der Waals surface area contributed by atoms with E-state index < -0.39 is 58.9 Å². The van der Waals surface area contributed by atoms with Gasteiger partial charge in [0.15, 0.2) is 17.2 Å². The Labute approximate surface area is 185 Å². The van der Waals surface area contributed by atoms with Crippen LogP contribution >= 0.6 is 0 Å². The zero-order chi connectivity index (χ0) is 24.7. The van der Waals surface area contributed by atoms with E-state index in [4.69, 9.17) is 15.2 Å². The third-order valence-electron chi connectivity index (χ3n) is 5.85. The van der Waals surface area contributed by atoms with Crippen molar-refractivity contribution in [2.24, 2.45) is 11.7 Å². The van der Waals surface area contributed by atoms with Crippen molar-refractivity contribution in [1.29, 1.82) is 0 Å². The van der Waals surface area contributed by atoms with Crippen molar-refractivity contribution in [2.45, 2.75) is 37.6 Å². The fraction of sp³-hybridized carbons (Fsp3) is 0.381. The lowest BCUT2D eigenvalue weighted by molar-refractivity contribution is -0.272. The van der Waals surface area contributed by atoms with Crippen LogP contribution in [-0.4, -0.2) is 41.8 Å². The summed E-state index contributed by atoms with van der Waals surface area (Å²) in [5.74, 6) is -7.94. The molecule has 3 rings (SSSR count). The van der Waals surface area contributed by atoms with Gasteiger partial charge in [-0.2, -0.15) is 17.6 Å². The minimum absolute atomic E-state index is 0.0247. The Morgan fingerprint density at radius 1 is 1.24 bits per heavy atom. The highest BCUT2D eigenvalue weighted by molar-refractivity contribution is 5.97. The molecule has 33 heavy (non-hydrogen) atoms. The molecule has 4 atom stereocenters. The van der Waals surface area contributed by atoms with Crippen molar-refractivity contribution in [3.63, 3.8) is 0 Å². The highest BCUT2D eigenvalue weighted by Gasteiger charge is 2.65. The van der Waals surface area contributed by atoms with E-state index in [1.807, 2.05) is 0 Å². The Balaban J connectivity index is 2.07. The van der Waals surface area contributed by atoms with Crippen molar-refractivity contribution < 1.29 is 41.0 Å². The van der Waals surface area contributed by atoms with E-state index in [1.54, 1.807) is 0 Å². The monoisotopic (exact) mass is 473 g/mol. The number of ether oxygens (including phenoxy) is 2. The predicted molar refractivity (Wildman–Crippen MR) is 106 cm³/mol. The zero-order valence-electron chi connectivity index (χ0n) is 17.7. The van der Waals surface area contributed by atoms with E-state index in [0.717, 1.165) is 32.2 Å². The summed E-state index contributed by atoms with van der Waals surface area (Å²) in [5, 5.41) is 2.36. The molecule has 1 saturated heterocycles. The molecule has 0 unspecified atom stereocenters. The summed E-state index contributed by atoms with van der Waals surface area (Å²) in [4.78, 5) is 28.1. The molecule has 12 heteroatoms. The van der Waals surface area contributed by atoms with Gasteiger partial charge in [0.05, 0.1) is 7.11 Å². The summed E-state index contributed by atoms with van der Waals surface area (Å²) in [6.45, 7) is 1.98. The quantitative estimate of drug-likeness (QED) is 0.647. The van der Waals surface area contributed by atoms with Gasteiger partial charge in [0, 0.05) is 29.3 Å². The summed E-state index contributed by atoms with van der Waals surface area (Å²) in [7, 11) is 1.03. The molecule has 0 spiro atoms. The topological polar surface area (TPSA) is 104 Å². The molecule has 3 N–H and O–H groups in total. The van der Waals surface area contributed by atoms with Crippen LogP contribution < -0.4 is 15.8 Å². The van der Waals surface area contributed by atoms with Gasteiger partial charge in [-0.25, -0.2) is 4.39 Å². The second-order valence-electron chi connectivity index (χ2n) is 7.72. The lowest BCUT2D eigenvalue weighted by Gasteiger charge is -2.32. The van der Waals surface area contributed by atoms with Crippen molar-refractivity contribution in [1.82, 2.24) is 4.98 Å². The van der Waals surface area contributed by atoms with E-state index in [0.29, 0.717) is 0 Å². The number of nitrogens with zero attached hydrogens (tertiary/aromatic N) is 1. The van der Waals surface area contributed by atoms with Gasteiger partial charge in [0.2, 0.25) is 5.82 Å². The fourth-order valence-electron chi connectivity index (χ4n) is 3.90. The highest BCUT2D eigenvalue weighted by atomic mass is 19.4. The van der Waals surface area contributed by atoms with Crippen molar-refractivity contribution in [3.05, 3.63) is 53.4 Å². The molecule has 2 heterocycles. The molecule has 0 aliphatic carbocycles. The molecule has 1 aliphatic heterocycles. The smallest absolute Gasteiger partial charge is 0.417 e. The van der Waals surface area contributed by atoms with Gasteiger partial charge in [-0.3, -0.25) is 14.6 Å². The molecule has 0 saturated carbocycles. The zero-order valence-corrected chi connectivity index (χ0v) is 17.7. The number of hydrogen-bond acceptors (Lipinski definition) is 5. The van der Waals surface area contributed by atoms with E-state index in [1.165, 1.54) is 19.2 Å². The Hall–Kier alpha value is -3.28. The normalized spacial score (nSPS) is 25.0. The van der Waals surface area contributed by atoms with Crippen LogP contribution in [0, 0.1) is 17.6 Å². The Bertz CT molecular complexity index is 1090. The van der Waals surface area contributed by atoms with Crippen LogP contribution in [0.5, 0.6) is 5.75 Å². The van der Waals surface area contributed by atoms with Crippen molar-refractivity contribution in [2.75, 3.05) is 12.4 Å². The second-order valence-corrected chi connectivity index (χ2v) is 7.72. The molecule has 1 aromatic heterocycles. The van der Waals surface area contributed by atoms with Crippen LogP contribution in [0.2, 0.25) is 0 Å². The molecule has 2 aromatic rings. The Morgan fingerprint density at radius 2 is 1.91 bits per heavy atom. The first-order chi connectivity index (χ1) is 15.3. The van der Waals surface area contributed by atoms with Gasteiger partial charge in [0.1, 0.15) is 11.8 Å². The molecular formula is C21H20F5N3O4. The molecule has 1 aromatic carbocycles. The SMILES string of the molecule is COc1c([C@@H]2[C@@H](C(=O)Nc3ccnc(C(N)=O)c3)O[C@](C)(C(F)(F)F)[C@@H]2C)ccc(F)c1F. The lowest BCUT2D eigenvalue weighted by atomic mass is 9.77. The summed E-state index contributed by atoms with van der Waals surface area (Å²) in [5.41, 5.74) is 2.04. The summed E-state index contributed by atoms with van der Waals surface area (Å²) in [6, 6.07) is 4.22. The Morgan fingerprint density at radius 3 is 2.48 bits per heavy atom. The van der Waals surface area contributed by atoms with Crippen LogP contribution in [0.15, 0.2) is 30.5 Å². The number of primary amides is 1. The highest BCUT2D eigenvalue weighted by Crippen LogP contribution is 2.55. The molecule has 0 bridgehead atoms. The third kappa shape index (κ3) is 4.22. The number of nitrogens with two attached hydrogens (primary N) is 1. The van der Waals surface area contributed by atoms with Gasteiger partial charge >= 0.3 is 6.18 Å². The van der Waals surface area contributed by atoms with E-state index in [2.05, 4.69) is 10.3 Å². The molecule has 1 fully saturated rings. The minimum atomic E-state index is -4.89. The molecule has 7 nitrogen and oxygen atoms in total. The number of carbonyl (C=O) groups is 2. The third-order valence-corrected chi connectivity index (χ3v) is 5.85. The van der Waals surface area contributed by atoms with Crippen LogP contribution in [0.25, 0.3) is 0 Å². The number of nitrogens with one attached hydrogen (secondary N) is 1. The number of hydrogen-bond donors (Lipinski definition) is 2. The number of methoxy groups -OCH3 is 1. The predicted octanol–water partition coefficient (Wildman–Crippen LogP) is 3.55. The molecular weight excluding hydrogens is 453 g/mol. The number of aromatic nitrogens is 1. The Kier molecular flexibility index (Phi) is 6.33. The van der Waals surface area contributed by atoms with Gasteiger partial charge < -0.3 is 20.5 Å². The number of amides is 2. The lowest BCUT2D eigenvalue weighted by Crippen LogP contribution is -2.47. The number of benzene rings is 1. The average molecular weight is 473 g/mol. The van der Waals surface area contributed by atoms with E-state index in [9.17, 15) is 31.5 Å². The van der Waals surface area contributed by atoms with E-state index >= 15 is 0 Å². The first-order valence-electron chi connectivity index (χ1n) is 9.65. The number of anilines is 1. The number of rotatable bonds is 5. The van der Waals surface area contributed by atoms with Crippen LogP contribution in [0.3, 0.4) is 0 Å². The summed E-state index contributed by atoms with van der Waals surface area (Å²) >= 11 is 0. The first-order valence-corrected chi connectivity index (χ1v) is 9.65. The number of carbonyl (C=O) groups excluding carboxylic acids is 2. The minimum Gasteiger partial charge on any atom is -0.493 e. The number of halogens is 5. The van der Waals surface area contributed by atoms with Crippen molar-refractivity contribution >= 4 is 17.5 Å². The molecule has 2 amide bonds. The molecule has 0 radical (unpaired) electrons. The summed E-state index contributed by atoms with van der Waals surface area (Å²) in [6.07, 6.45) is -5.49. The van der Waals surface area contributed by atoms with Crippen LogP contribution in [0.1, 0.15) is 35.8 Å². The van der Waals surface area contributed by atoms with Gasteiger partial charge in [-0.05, 0) is 25.1 Å². The average Bonchev–Trinajstić information content (AvgIpc) is 3.02. The molecule has 1 aliphatic rings. The standard InChI is InChI=1S/C21H20F5N3O4/c1-9-14(11-4-5-12(22)15(23)16(11)32-3)17(33-20(9,2)21(24,25)26)19(31)29-10-6-7-28-13(8-10)18(27)30/h4-9,14,17H,1-3H3,(H2,27,30)(H,28,29,31)/t9-,14-,17+,20+/m1/s1. The maximum absolute atomic E-state index is 14.4. The fourth-order valence-corrected chi connectivity index (χ4v) is 3.90. The maximum atomic E-state index is 14.4. The van der Waals surface area contributed by atoms with Gasteiger partial charge in [-0.15, -0.1) is 0 Å². The van der Waals surface area contributed by atoms with Crippen LogP contribution in [-0.2, 0) is 9.53 Å². The van der Waals surface area contributed by atoms with Crippen molar-refractivity contribution in [3.8, 4) is 5.75 Å². The second kappa shape index (κ2) is 8.58. The van der Waals surface area contributed by atoms with Gasteiger partial charge in [-0.1, -0.05) is 13.0 Å². The van der Waals surface area contributed by atoms with Crippen LogP contribution in [0.4, 0.5) is 27.6 Å². The number of pyridine rings is 1. The van der Waals surface area contributed by atoms with E-state index in [-0.39, 0.29) is 16.9 Å². The maximum Gasteiger partial charge on any atom is 0.417 e. The van der Waals surface area contributed by atoms with Gasteiger partial charge in [0.25, 0.3) is 11.8 Å². The molecule has 178 valence electrons.